The number of unbranched alkanes of at least 4 members (excludes halogenated alkanes) is 1. The summed E-state index contributed by atoms with van der Waals surface area (Å²) in [7, 11) is 0. The van der Waals surface area contributed by atoms with Crippen molar-refractivity contribution in [2.24, 2.45) is 0 Å². The first-order valence-electron chi connectivity index (χ1n) is 6.24. The fraction of sp³-hybridized carbons (Fsp3) is 0.615. The molecule has 0 bridgehead atoms. The van der Waals surface area contributed by atoms with E-state index in [1.54, 1.807) is 12.4 Å². The van der Waals surface area contributed by atoms with E-state index in [0.717, 1.165) is 38.5 Å². The van der Waals surface area contributed by atoms with Gasteiger partial charge >= 0.3 is 0 Å². The van der Waals surface area contributed by atoms with Gasteiger partial charge in [-0.25, -0.2) is 0 Å². The number of nitrogens with one attached hydrogen (secondary N) is 1. The number of pyridine rings is 1. The summed E-state index contributed by atoms with van der Waals surface area (Å²) in [6.45, 7) is 6.15. The zero-order valence-corrected chi connectivity index (χ0v) is 10.5. The second-order valence-corrected chi connectivity index (χ2v) is 3.75. The van der Waals surface area contributed by atoms with Gasteiger partial charge in [-0.15, -0.1) is 0 Å². The summed E-state index contributed by atoms with van der Waals surface area (Å²) >= 11 is 0. The van der Waals surface area contributed by atoms with Crippen LogP contribution in [0, 0.1) is 0 Å². The van der Waals surface area contributed by atoms with Gasteiger partial charge in [-0.1, -0.05) is 13.3 Å². The maximum Gasteiger partial charge on any atom is 0.137 e. The lowest BCUT2D eigenvalue weighted by Gasteiger charge is -2.07. The van der Waals surface area contributed by atoms with Gasteiger partial charge in [-0.05, 0) is 18.6 Å². The van der Waals surface area contributed by atoms with E-state index in [4.69, 9.17) is 9.47 Å². The van der Waals surface area contributed by atoms with Crippen molar-refractivity contribution < 1.29 is 9.47 Å². The largest absolute Gasteiger partial charge is 0.491 e. The molecule has 0 atom stereocenters. The van der Waals surface area contributed by atoms with Crippen molar-refractivity contribution in [3.05, 3.63) is 24.5 Å². The first-order valence-corrected chi connectivity index (χ1v) is 6.24. The molecule has 0 aliphatic rings. The molecule has 1 heterocycles. The minimum Gasteiger partial charge on any atom is -0.491 e. The number of hydrogen-bond acceptors (Lipinski definition) is 4. The zero-order valence-electron chi connectivity index (χ0n) is 10.5. The molecule has 0 saturated carbocycles. The van der Waals surface area contributed by atoms with Crippen molar-refractivity contribution in [2.75, 3.05) is 32.9 Å². The van der Waals surface area contributed by atoms with E-state index in [1.165, 1.54) is 6.42 Å². The van der Waals surface area contributed by atoms with Crippen LogP contribution >= 0.6 is 0 Å². The van der Waals surface area contributed by atoms with Crippen LogP contribution in [-0.4, -0.2) is 37.9 Å². The summed E-state index contributed by atoms with van der Waals surface area (Å²) in [6.07, 6.45) is 5.78. The first-order chi connectivity index (χ1) is 8.43. The van der Waals surface area contributed by atoms with Gasteiger partial charge in [0.1, 0.15) is 12.4 Å². The van der Waals surface area contributed by atoms with Crippen LogP contribution in [-0.2, 0) is 4.74 Å². The molecule has 0 spiro atoms. The van der Waals surface area contributed by atoms with Gasteiger partial charge in [0, 0.05) is 25.9 Å². The molecular weight excluding hydrogens is 216 g/mol. The van der Waals surface area contributed by atoms with E-state index in [9.17, 15) is 0 Å². The topological polar surface area (TPSA) is 43.4 Å². The summed E-state index contributed by atoms with van der Waals surface area (Å²) in [5.41, 5.74) is 0. The summed E-state index contributed by atoms with van der Waals surface area (Å²) in [5.74, 6) is 0.813. The monoisotopic (exact) mass is 238 g/mol. The van der Waals surface area contributed by atoms with Crippen molar-refractivity contribution in [2.45, 2.75) is 19.8 Å². The standard InChI is InChI=1S/C13H22N2O2/c1-2-3-9-16-10-7-14-8-11-17-13-5-4-6-15-12-13/h4-6,12,14H,2-3,7-11H2,1H3. The molecule has 1 rings (SSSR count). The average Bonchev–Trinajstić information content (AvgIpc) is 2.38. The number of nitrogens with zero attached hydrogens (tertiary/aromatic N) is 1. The molecule has 4 heteroatoms. The van der Waals surface area contributed by atoms with Gasteiger partial charge in [0.15, 0.2) is 0 Å². The Morgan fingerprint density at radius 1 is 1.24 bits per heavy atom. The molecule has 0 aromatic carbocycles. The number of aromatic nitrogens is 1. The third kappa shape index (κ3) is 7.71. The van der Waals surface area contributed by atoms with Crippen molar-refractivity contribution in [1.82, 2.24) is 10.3 Å². The summed E-state index contributed by atoms with van der Waals surface area (Å²) in [4.78, 5) is 3.98. The highest BCUT2D eigenvalue weighted by atomic mass is 16.5. The van der Waals surface area contributed by atoms with Gasteiger partial charge in [0.2, 0.25) is 0 Å². The predicted molar refractivity (Wildman–Crippen MR) is 68.3 cm³/mol. The van der Waals surface area contributed by atoms with E-state index in [-0.39, 0.29) is 0 Å². The maximum absolute atomic E-state index is 5.49. The lowest BCUT2D eigenvalue weighted by molar-refractivity contribution is 0.132. The Bertz CT molecular complexity index is 267. The van der Waals surface area contributed by atoms with Gasteiger partial charge < -0.3 is 14.8 Å². The zero-order chi connectivity index (χ0) is 12.2. The fourth-order valence-electron chi connectivity index (χ4n) is 1.29. The Morgan fingerprint density at radius 2 is 2.12 bits per heavy atom. The van der Waals surface area contributed by atoms with Crippen LogP contribution in [0.3, 0.4) is 0 Å². The molecule has 1 N–H and O–H groups in total. The van der Waals surface area contributed by atoms with Crippen molar-refractivity contribution in [3.63, 3.8) is 0 Å². The molecule has 0 saturated heterocycles. The fourth-order valence-corrected chi connectivity index (χ4v) is 1.29. The number of rotatable bonds is 10. The molecule has 0 aliphatic carbocycles. The van der Waals surface area contributed by atoms with Crippen LogP contribution in [0.2, 0.25) is 0 Å². The van der Waals surface area contributed by atoms with Crippen molar-refractivity contribution >= 4 is 0 Å². The van der Waals surface area contributed by atoms with Gasteiger partial charge in [0.05, 0.1) is 12.8 Å². The maximum atomic E-state index is 5.49. The summed E-state index contributed by atoms with van der Waals surface area (Å²) in [6, 6.07) is 3.77. The quantitative estimate of drug-likeness (QED) is 0.632. The Kier molecular flexibility index (Phi) is 8.24. The molecule has 1 aromatic heterocycles. The second kappa shape index (κ2) is 10.1. The Morgan fingerprint density at radius 3 is 2.88 bits per heavy atom. The van der Waals surface area contributed by atoms with Crippen molar-refractivity contribution in [3.8, 4) is 5.75 Å². The number of hydrogen-bond donors (Lipinski definition) is 1. The van der Waals surface area contributed by atoms with E-state index in [1.807, 2.05) is 12.1 Å². The smallest absolute Gasteiger partial charge is 0.137 e. The Hall–Kier alpha value is -1.13. The second-order valence-electron chi connectivity index (χ2n) is 3.75. The molecule has 17 heavy (non-hydrogen) atoms. The van der Waals surface area contributed by atoms with Crippen LogP contribution in [0.4, 0.5) is 0 Å². The van der Waals surface area contributed by atoms with Gasteiger partial charge in [0.25, 0.3) is 0 Å². The predicted octanol–water partition coefficient (Wildman–Crippen LogP) is 1.87. The average molecular weight is 238 g/mol. The van der Waals surface area contributed by atoms with E-state index in [0.29, 0.717) is 6.61 Å². The van der Waals surface area contributed by atoms with Crippen LogP contribution in [0.1, 0.15) is 19.8 Å². The molecule has 1 aromatic rings. The van der Waals surface area contributed by atoms with E-state index < -0.39 is 0 Å². The van der Waals surface area contributed by atoms with Crippen LogP contribution in [0.25, 0.3) is 0 Å². The van der Waals surface area contributed by atoms with Crippen LogP contribution in [0.15, 0.2) is 24.5 Å². The third-order valence-corrected chi connectivity index (χ3v) is 2.25. The highest BCUT2D eigenvalue weighted by Crippen LogP contribution is 2.04. The van der Waals surface area contributed by atoms with Crippen LogP contribution in [0.5, 0.6) is 5.75 Å². The molecular formula is C13H22N2O2. The minimum absolute atomic E-state index is 0.653. The molecule has 4 nitrogen and oxygen atoms in total. The Balaban J connectivity index is 1.85. The van der Waals surface area contributed by atoms with E-state index in [2.05, 4.69) is 17.2 Å². The molecule has 0 amide bonds. The SMILES string of the molecule is CCCCOCCNCCOc1cccnc1. The summed E-state index contributed by atoms with van der Waals surface area (Å²) in [5, 5.41) is 3.26. The van der Waals surface area contributed by atoms with Crippen molar-refractivity contribution in [1.29, 1.82) is 0 Å². The molecule has 96 valence electrons. The Labute approximate surface area is 103 Å². The molecule has 0 fully saturated rings. The number of ether oxygens (including phenoxy) is 2. The summed E-state index contributed by atoms with van der Waals surface area (Å²) < 4.78 is 10.9. The highest BCUT2D eigenvalue weighted by Gasteiger charge is 1.92. The lowest BCUT2D eigenvalue weighted by Crippen LogP contribution is -2.25. The van der Waals surface area contributed by atoms with E-state index >= 15 is 0 Å². The third-order valence-electron chi connectivity index (χ3n) is 2.25. The molecule has 0 aliphatic heterocycles. The lowest BCUT2D eigenvalue weighted by atomic mass is 10.4. The van der Waals surface area contributed by atoms with Gasteiger partial charge in [-0.3, -0.25) is 4.98 Å². The molecule has 0 radical (unpaired) electrons. The highest BCUT2D eigenvalue weighted by molar-refractivity contribution is 5.15. The molecule has 0 unspecified atom stereocenters. The first kappa shape index (κ1) is 13.9. The van der Waals surface area contributed by atoms with Crippen LogP contribution < -0.4 is 10.1 Å². The van der Waals surface area contributed by atoms with Gasteiger partial charge in [-0.2, -0.15) is 0 Å². The minimum atomic E-state index is 0.653. The normalized spacial score (nSPS) is 10.4.